The van der Waals surface area contributed by atoms with Gasteiger partial charge in [-0.05, 0) is 44.0 Å². The van der Waals surface area contributed by atoms with E-state index in [2.05, 4.69) is 25.2 Å². The zero-order chi connectivity index (χ0) is 22.7. The van der Waals surface area contributed by atoms with E-state index < -0.39 is 6.36 Å². The van der Waals surface area contributed by atoms with Crippen molar-refractivity contribution in [2.24, 2.45) is 5.92 Å². The van der Waals surface area contributed by atoms with Crippen LogP contribution in [0.15, 0.2) is 47.1 Å². The summed E-state index contributed by atoms with van der Waals surface area (Å²) >= 11 is 0. The molecule has 1 saturated heterocycles. The number of piperidine rings is 1. The summed E-state index contributed by atoms with van der Waals surface area (Å²) in [5, 5.41) is 6.44. The Balaban J connectivity index is 1.39. The van der Waals surface area contributed by atoms with E-state index in [-0.39, 0.29) is 23.3 Å². The van der Waals surface area contributed by atoms with Crippen molar-refractivity contribution in [1.82, 2.24) is 15.1 Å². The Morgan fingerprint density at radius 2 is 2.12 bits per heavy atom. The van der Waals surface area contributed by atoms with Crippen molar-refractivity contribution in [1.29, 1.82) is 0 Å². The fraction of sp³-hybridized carbons (Fsp3) is 0.333. The van der Waals surface area contributed by atoms with Crippen molar-refractivity contribution in [3.05, 3.63) is 48.4 Å². The lowest BCUT2D eigenvalue weighted by molar-refractivity contribution is -0.274. The molecule has 11 heteroatoms. The lowest BCUT2D eigenvalue weighted by atomic mass is 9.97. The maximum Gasteiger partial charge on any atom is 0.573 e. The first-order valence-corrected chi connectivity index (χ1v) is 9.95. The number of halogens is 3. The molecule has 1 fully saturated rings. The molecule has 1 aliphatic heterocycles. The van der Waals surface area contributed by atoms with E-state index in [1.807, 2.05) is 17.0 Å². The standard InChI is InChI=1S/C21H20F3N5O3/c1-13-26-20(32-28-13)14-7-8-18(25-11-14)29-9-3-4-15(12-29)19(30)27-16-5-2-6-17(10-16)31-21(22,23)24/h2,5-8,10-11,15H,3-4,9,12H2,1H3,(H,27,30)/t15-/m1/s1. The molecule has 1 aliphatic rings. The van der Waals surface area contributed by atoms with Gasteiger partial charge in [0.2, 0.25) is 5.91 Å². The summed E-state index contributed by atoms with van der Waals surface area (Å²) in [6.45, 7) is 2.91. The van der Waals surface area contributed by atoms with Gasteiger partial charge in [0.25, 0.3) is 5.89 Å². The van der Waals surface area contributed by atoms with Crippen LogP contribution >= 0.6 is 0 Å². The first-order chi connectivity index (χ1) is 15.3. The van der Waals surface area contributed by atoms with Crippen molar-refractivity contribution in [2.45, 2.75) is 26.1 Å². The maximum atomic E-state index is 12.7. The number of hydrogen-bond acceptors (Lipinski definition) is 7. The molecule has 1 aromatic carbocycles. The molecule has 1 atom stereocenters. The molecule has 0 saturated carbocycles. The third-order valence-corrected chi connectivity index (χ3v) is 4.97. The van der Waals surface area contributed by atoms with Crippen molar-refractivity contribution in [3.63, 3.8) is 0 Å². The number of nitrogens with one attached hydrogen (secondary N) is 1. The minimum Gasteiger partial charge on any atom is -0.406 e. The molecule has 0 aliphatic carbocycles. The highest BCUT2D eigenvalue weighted by molar-refractivity contribution is 5.93. The molecule has 0 unspecified atom stereocenters. The van der Waals surface area contributed by atoms with Crippen molar-refractivity contribution in [2.75, 3.05) is 23.3 Å². The second-order valence-electron chi connectivity index (χ2n) is 7.40. The second kappa shape index (κ2) is 8.85. The van der Waals surface area contributed by atoms with Gasteiger partial charge in [-0.1, -0.05) is 11.2 Å². The summed E-state index contributed by atoms with van der Waals surface area (Å²) in [7, 11) is 0. The van der Waals surface area contributed by atoms with Gasteiger partial charge in [0.15, 0.2) is 5.82 Å². The number of pyridine rings is 1. The molecule has 2 aromatic heterocycles. The third kappa shape index (κ3) is 5.34. The fourth-order valence-electron chi connectivity index (χ4n) is 3.53. The van der Waals surface area contributed by atoms with Gasteiger partial charge < -0.3 is 19.5 Å². The van der Waals surface area contributed by atoms with Crippen molar-refractivity contribution < 1.29 is 27.2 Å². The predicted octanol–water partition coefficient (Wildman–Crippen LogP) is 4.19. The largest absolute Gasteiger partial charge is 0.573 e. The van der Waals surface area contributed by atoms with E-state index in [4.69, 9.17) is 4.52 Å². The second-order valence-corrected chi connectivity index (χ2v) is 7.40. The molecular weight excluding hydrogens is 427 g/mol. The number of benzene rings is 1. The summed E-state index contributed by atoms with van der Waals surface area (Å²) in [6.07, 6.45) is -1.71. The third-order valence-electron chi connectivity index (χ3n) is 4.97. The van der Waals surface area contributed by atoms with E-state index >= 15 is 0 Å². The zero-order valence-electron chi connectivity index (χ0n) is 17.1. The number of alkyl halides is 3. The Kier molecular flexibility index (Phi) is 5.97. The summed E-state index contributed by atoms with van der Waals surface area (Å²) in [5.41, 5.74) is 0.938. The first kappa shape index (κ1) is 21.6. The number of carbonyl (C=O) groups is 1. The van der Waals surface area contributed by atoms with E-state index in [1.54, 1.807) is 13.1 Å². The summed E-state index contributed by atoms with van der Waals surface area (Å²) < 4.78 is 46.3. The van der Waals surface area contributed by atoms with Crippen LogP contribution < -0.4 is 15.0 Å². The lowest BCUT2D eigenvalue weighted by Gasteiger charge is -2.32. The van der Waals surface area contributed by atoms with Crippen LogP contribution in [0.5, 0.6) is 5.75 Å². The van der Waals surface area contributed by atoms with E-state index in [1.165, 1.54) is 18.2 Å². The molecule has 3 heterocycles. The van der Waals surface area contributed by atoms with Crippen LogP contribution in [0.3, 0.4) is 0 Å². The summed E-state index contributed by atoms with van der Waals surface area (Å²) in [5.74, 6) is 0.635. The normalized spacial score (nSPS) is 16.6. The Morgan fingerprint density at radius 1 is 1.28 bits per heavy atom. The highest BCUT2D eigenvalue weighted by atomic mass is 19.4. The lowest BCUT2D eigenvalue weighted by Crippen LogP contribution is -2.41. The molecule has 32 heavy (non-hydrogen) atoms. The molecule has 1 N–H and O–H groups in total. The maximum absolute atomic E-state index is 12.7. The van der Waals surface area contributed by atoms with Gasteiger partial charge in [-0.3, -0.25) is 4.79 Å². The van der Waals surface area contributed by atoms with Crippen LogP contribution in [0.4, 0.5) is 24.7 Å². The topological polar surface area (TPSA) is 93.4 Å². The van der Waals surface area contributed by atoms with Gasteiger partial charge >= 0.3 is 6.36 Å². The number of hydrogen-bond donors (Lipinski definition) is 1. The molecule has 1 amide bonds. The summed E-state index contributed by atoms with van der Waals surface area (Å²) in [6, 6.07) is 8.88. The van der Waals surface area contributed by atoms with Gasteiger partial charge in [0.1, 0.15) is 11.6 Å². The number of rotatable bonds is 5. The number of ether oxygens (including phenoxy) is 1. The van der Waals surface area contributed by atoms with Gasteiger partial charge in [-0.2, -0.15) is 4.98 Å². The molecule has 4 rings (SSSR count). The average Bonchev–Trinajstić information content (AvgIpc) is 3.19. The molecule has 0 spiro atoms. The number of anilines is 2. The van der Waals surface area contributed by atoms with E-state index in [0.717, 1.165) is 19.0 Å². The smallest absolute Gasteiger partial charge is 0.406 e. The molecule has 3 aromatic rings. The minimum absolute atomic E-state index is 0.242. The molecule has 168 valence electrons. The highest BCUT2D eigenvalue weighted by Gasteiger charge is 2.31. The SMILES string of the molecule is Cc1noc(-c2ccc(N3CCC[C@@H](C(=O)Nc4cccc(OC(F)(F)F)c4)C3)nc2)n1. The first-order valence-electron chi connectivity index (χ1n) is 9.95. The van der Waals surface area contributed by atoms with Crippen LogP contribution in [-0.4, -0.2) is 40.5 Å². The monoisotopic (exact) mass is 447 g/mol. The number of nitrogens with zero attached hydrogens (tertiary/aromatic N) is 4. The van der Waals surface area contributed by atoms with E-state index in [0.29, 0.717) is 36.1 Å². The Morgan fingerprint density at radius 3 is 2.81 bits per heavy atom. The number of aromatic nitrogens is 3. The van der Waals surface area contributed by atoms with Crippen LogP contribution in [-0.2, 0) is 4.79 Å². The quantitative estimate of drug-likeness (QED) is 0.627. The predicted molar refractivity (Wildman–Crippen MR) is 109 cm³/mol. The zero-order valence-corrected chi connectivity index (χ0v) is 17.1. The number of amides is 1. The Bertz CT molecular complexity index is 1080. The van der Waals surface area contributed by atoms with Gasteiger partial charge in [0, 0.05) is 31.0 Å². The van der Waals surface area contributed by atoms with Crippen molar-refractivity contribution in [3.8, 4) is 17.2 Å². The summed E-state index contributed by atoms with van der Waals surface area (Å²) in [4.78, 5) is 23.4. The van der Waals surface area contributed by atoms with Crippen LogP contribution in [0, 0.1) is 12.8 Å². The van der Waals surface area contributed by atoms with Crippen LogP contribution in [0.25, 0.3) is 11.5 Å². The van der Waals surface area contributed by atoms with E-state index in [9.17, 15) is 18.0 Å². The average molecular weight is 447 g/mol. The van der Waals surface area contributed by atoms with Gasteiger partial charge in [-0.15, -0.1) is 13.2 Å². The molecule has 8 nitrogen and oxygen atoms in total. The Hall–Kier alpha value is -3.63. The number of carbonyl (C=O) groups excluding carboxylic acids is 1. The fourth-order valence-corrected chi connectivity index (χ4v) is 3.53. The molecule has 0 radical (unpaired) electrons. The molecule has 0 bridgehead atoms. The highest BCUT2D eigenvalue weighted by Crippen LogP contribution is 2.27. The van der Waals surface area contributed by atoms with Crippen molar-refractivity contribution >= 4 is 17.4 Å². The van der Waals surface area contributed by atoms with Crippen LogP contribution in [0.2, 0.25) is 0 Å². The van der Waals surface area contributed by atoms with Gasteiger partial charge in [0.05, 0.1) is 11.5 Å². The minimum atomic E-state index is -4.79. The van der Waals surface area contributed by atoms with Crippen LogP contribution in [0.1, 0.15) is 18.7 Å². The molecular formula is C21H20F3N5O3. The number of aryl methyl sites for hydroxylation is 1. The van der Waals surface area contributed by atoms with Gasteiger partial charge in [-0.25, -0.2) is 4.98 Å². The Labute approximate surface area is 181 Å².